The molecule has 2 N–H and O–H groups in total. The summed E-state index contributed by atoms with van der Waals surface area (Å²) < 4.78 is -0.703. The lowest BCUT2D eigenvalue weighted by molar-refractivity contribution is -0.789. The highest BCUT2D eigenvalue weighted by atomic mass is 16.6. The van der Waals surface area contributed by atoms with Crippen molar-refractivity contribution in [1.29, 1.82) is 0 Å². The zero-order chi connectivity index (χ0) is 19.8. The lowest BCUT2D eigenvalue weighted by Gasteiger charge is -2.38. The molecule has 160 valence electrons. The molecule has 0 bridgehead atoms. The van der Waals surface area contributed by atoms with E-state index >= 15 is 0 Å². The minimum atomic E-state index is -1.87. The molecule has 0 aromatic rings. The van der Waals surface area contributed by atoms with Crippen molar-refractivity contribution in [2.24, 2.45) is 4.99 Å². The van der Waals surface area contributed by atoms with Gasteiger partial charge in [0.15, 0.2) is 6.34 Å². The fourth-order valence-electron chi connectivity index (χ4n) is 3.90. The van der Waals surface area contributed by atoms with E-state index in [0.717, 1.165) is 19.3 Å². The molecule has 0 aromatic carbocycles. The second-order valence-electron chi connectivity index (χ2n) is 8.54. The summed E-state index contributed by atoms with van der Waals surface area (Å²) >= 11 is 0. The molecule has 0 radical (unpaired) electrons. The van der Waals surface area contributed by atoms with Gasteiger partial charge in [0.1, 0.15) is 13.1 Å². The molecule has 1 heterocycles. The molecule has 0 aromatic heterocycles. The average molecular weight is 385 g/mol. The Morgan fingerprint density at radius 3 is 1.67 bits per heavy atom. The van der Waals surface area contributed by atoms with Crippen molar-refractivity contribution in [2.75, 3.05) is 19.6 Å². The van der Waals surface area contributed by atoms with Crippen molar-refractivity contribution in [3.8, 4) is 0 Å². The Labute approximate surface area is 167 Å². The van der Waals surface area contributed by atoms with Crippen molar-refractivity contribution in [2.45, 2.75) is 115 Å². The van der Waals surface area contributed by atoms with Gasteiger partial charge in [-0.2, -0.15) is 0 Å². The second-order valence-corrected chi connectivity index (χ2v) is 8.54. The van der Waals surface area contributed by atoms with Crippen LogP contribution >= 0.6 is 0 Å². The molecule has 0 saturated carbocycles. The van der Waals surface area contributed by atoms with Crippen LogP contribution in [0.2, 0.25) is 0 Å². The number of quaternary nitrogens is 1. The molecule has 0 aliphatic carbocycles. The average Bonchev–Trinajstić information content (AvgIpc) is 3.03. The lowest BCUT2D eigenvalue weighted by atomic mass is 10.0. The number of nitrogens with zero attached hydrogens (tertiary/aromatic N) is 2. The fourth-order valence-corrected chi connectivity index (χ4v) is 3.90. The minimum absolute atomic E-state index is 0.199. The third-order valence-electron chi connectivity index (χ3n) is 5.60. The highest BCUT2D eigenvalue weighted by Gasteiger charge is 2.33. The largest absolute Gasteiger partial charge is 0.626 e. The summed E-state index contributed by atoms with van der Waals surface area (Å²) in [4.78, 5) is 3.91. The first kappa shape index (κ1) is 24.5. The maximum absolute atomic E-state index is 12.1. The van der Waals surface area contributed by atoms with Crippen molar-refractivity contribution >= 4 is 6.34 Å². The topological polar surface area (TPSA) is 75.9 Å². The van der Waals surface area contributed by atoms with E-state index in [1.165, 1.54) is 83.4 Å². The van der Waals surface area contributed by atoms with Crippen LogP contribution < -0.4 is 0 Å². The normalized spacial score (nSPS) is 19.9. The van der Waals surface area contributed by atoms with Gasteiger partial charge in [0.05, 0.1) is 6.54 Å². The number of unbranched alkanes of at least 4 members (excludes halogenated alkanes) is 14. The fraction of sp³-hybridized carbons (Fsp3) is 0.955. The molecule has 0 spiro atoms. The summed E-state index contributed by atoms with van der Waals surface area (Å²) in [6, 6.07) is 0. The summed E-state index contributed by atoms with van der Waals surface area (Å²) in [6.07, 6.45) is 20.8. The van der Waals surface area contributed by atoms with Crippen molar-refractivity contribution < 1.29 is 14.9 Å². The third kappa shape index (κ3) is 13.3. The van der Waals surface area contributed by atoms with Crippen molar-refractivity contribution in [1.82, 2.24) is 0 Å². The molecule has 1 rings (SSSR count). The number of hydrogen-bond donors (Lipinski definition) is 2. The summed E-state index contributed by atoms with van der Waals surface area (Å²) in [5, 5.41) is 32.2. The Balaban J connectivity index is 1.84. The van der Waals surface area contributed by atoms with Gasteiger partial charge in [-0.1, -0.05) is 96.8 Å². The van der Waals surface area contributed by atoms with Crippen LogP contribution in [-0.2, 0) is 0 Å². The zero-order valence-electron chi connectivity index (χ0n) is 17.7. The standard InChI is InChI=1S/C22H44N2O3/c1-2-3-4-5-6-7-8-9-10-11-12-13-14-15-16-17-22(25,26)20-24(27)19-18-23-21-24/h21,25-26H,2-20H2,1H3. The summed E-state index contributed by atoms with van der Waals surface area (Å²) in [7, 11) is 0. The molecule has 1 atom stereocenters. The van der Waals surface area contributed by atoms with Crippen LogP contribution in [0.4, 0.5) is 0 Å². The molecular formula is C22H44N2O3. The first-order valence-corrected chi connectivity index (χ1v) is 11.5. The molecule has 0 amide bonds. The van der Waals surface area contributed by atoms with Crippen LogP contribution in [0.15, 0.2) is 4.99 Å². The predicted molar refractivity (Wildman–Crippen MR) is 113 cm³/mol. The zero-order valence-corrected chi connectivity index (χ0v) is 17.7. The van der Waals surface area contributed by atoms with Gasteiger partial charge in [-0.15, -0.1) is 0 Å². The maximum atomic E-state index is 12.1. The highest BCUT2D eigenvalue weighted by molar-refractivity contribution is 5.48. The SMILES string of the molecule is CCCCCCCCCCCCCCCCCC(O)(O)C[N+]1([O-])C=NCC1. The van der Waals surface area contributed by atoms with Crippen LogP contribution in [-0.4, -0.2) is 46.6 Å². The van der Waals surface area contributed by atoms with Gasteiger partial charge in [-0.3, -0.25) is 0 Å². The van der Waals surface area contributed by atoms with Crippen LogP contribution in [0, 0.1) is 5.21 Å². The molecule has 1 aliphatic heterocycles. The quantitative estimate of drug-likeness (QED) is 0.146. The van der Waals surface area contributed by atoms with Gasteiger partial charge in [-0.25, -0.2) is 4.99 Å². The van der Waals surface area contributed by atoms with Gasteiger partial charge >= 0.3 is 0 Å². The minimum Gasteiger partial charge on any atom is -0.626 e. The van der Waals surface area contributed by atoms with Crippen LogP contribution in [0.3, 0.4) is 0 Å². The van der Waals surface area contributed by atoms with E-state index in [9.17, 15) is 15.4 Å². The third-order valence-corrected chi connectivity index (χ3v) is 5.60. The van der Waals surface area contributed by atoms with E-state index in [1.54, 1.807) is 0 Å². The lowest BCUT2D eigenvalue weighted by Crippen LogP contribution is -2.51. The first-order chi connectivity index (χ1) is 13.0. The molecule has 5 heteroatoms. The molecule has 0 fully saturated rings. The van der Waals surface area contributed by atoms with Gasteiger partial charge < -0.3 is 20.1 Å². The maximum Gasteiger partial charge on any atom is 0.214 e. The van der Waals surface area contributed by atoms with Crippen LogP contribution in [0.1, 0.15) is 110 Å². The van der Waals surface area contributed by atoms with E-state index in [1.807, 2.05) is 0 Å². The van der Waals surface area contributed by atoms with Gasteiger partial charge in [-0.05, 0) is 6.42 Å². The Morgan fingerprint density at radius 1 is 0.815 bits per heavy atom. The Bertz CT molecular complexity index is 388. The van der Waals surface area contributed by atoms with E-state index in [-0.39, 0.29) is 13.0 Å². The predicted octanol–water partition coefficient (Wildman–Crippen LogP) is 5.29. The highest BCUT2D eigenvalue weighted by Crippen LogP contribution is 2.20. The van der Waals surface area contributed by atoms with E-state index in [4.69, 9.17) is 0 Å². The van der Waals surface area contributed by atoms with Gasteiger partial charge in [0.2, 0.25) is 5.79 Å². The van der Waals surface area contributed by atoms with E-state index in [2.05, 4.69) is 11.9 Å². The second kappa shape index (κ2) is 14.5. The Hall–Kier alpha value is -0.490. The van der Waals surface area contributed by atoms with Crippen molar-refractivity contribution in [3.63, 3.8) is 0 Å². The number of hydrogen-bond acceptors (Lipinski definition) is 4. The van der Waals surface area contributed by atoms with Gasteiger partial charge in [0.25, 0.3) is 0 Å². The Kier molecular flexibility index (Phi) is 13.2. The van der Waals surface area contributed by atoms with Crippen LogP contribution in [0.25, 0.3) is 0 Å². The molecule has 5 nitrogen and oxygen atoms in total. The summed E-state index contributed by atoms with van der Waals surface area (Å²) in [5.74, 6) is -1.87. The van der Waals surface area contributed by atoms with E-state index < -0.39 is 10.4 Å². The molecule has 1 unspecified atom stereocenters. The number of aliphatic imine (C=N–C) groups is 1. The molecule has 27 heavy (non-hydrogen) atoms. The molecule has 1 aliphatic rings. The van der Waals surface area contributed by atoms with E-state index in [0.29, 0.717) is 13.1 Å². The number of rotatable bonds is 18. The summed E-state index contributed by atoms with van der Waals surface area (Å²) in [5.41, 5.74) is 0. The Morgan fingerprint density at radius 2 is 1.26 bits per heavy atom. The van der Waals surface area contributed by atoms with Gasteiger partial charge in [0, 0.05) is 6.42 Å². The number of hydroxylamine groups is 3. The van der Waals surface area contributed by atoms with Crippen LogP contribution in [0.5, 0.6) is 0 Å². The monoisotopic (exact) mass is 384 g/mol. The summed E-state index contributed by atoms with van der Waals surface area (Å²) in [6.45, 7) is 2.87. The molecule has 0 saturated heterocycles. The first-order valence-electron chi connectivity index (χ1n) is 11.5. The smallest absolute Gasteiger partial charge is 0.214 e. The van der Waals surface area contributed by atoms with Crippen molar-refractivity contribution in [3.05, 3.63) is 5.21 Å². The molecular weight excluding hydrogens is 340 g/mol. The number of aliphatic hydroxyl groups is 2.